The number of furan rings is 1. The molecule has 0 atom stereocenters. The monoisotopic (exact) mass is 461 g/mol. The summed E-state index contributed by atoms with van der Waals surface area (Å²) in [5.41, 5.74) is 3.93. The molecule has 3 rings (SSSR count). The van der Waals surface area contributed by atoms with Crippen molar-refractivity contribution in [3.05, 3.63) is 82.7 Å². The second kappa shape index (κ2) is 8.41. The molecule has 0 radical (unpaired) electrons. The van der Waals surface area contributed by atoms with Gasteiger partial charge in [0.25, 0.3) is 10.0 Å². The highest BCUT2D eigenvalue weighted by Gasteiger charge is 2.14. The van der Waals surface area contributed by atoms with Crippen molar-refractivity contribution >= 4 is 43.3 Å². The molecule has 0 aliphatic carbocycles. The van der Waals surface area contributed by atoms with Crippen LogP contribution in [0.4, 0.5) is 5.69 Å². The number of nitrogens with zero attached hydrogens (tertiary/aromatic N) is 1. The Morgan fingerprint density at radius 2 is 1.79 bits per heavy atom. The van der Waals surface area contributed by atoms with E-state index in [-0.39, 0.29) is 10.7 Å². The Bertz CT molecular complexity index is 1120. The summed E-state index contributed by atoms with van der Waals surface area (Å²) in [7, 11) is -3.69. The molecule has 3 aromatic rings. The zero-order valence-electron chi connectivity index (χ0n) is 14.7. The van der Waals surface area contributed by atoms with Gasteiger partial charge in [0, 0.05) is 5.69 Å². The lowest BCUT2D eigenvalue weighted by molar-refractivity contribution is 0.0926. The predicted octanol–water partition coefficient (Wildman–Crippen LogP) is 4.00. The molecule has 0 saturated heterocycles. The molecule has 0 spiro atoms. The fourth-order valence-electron chi connectivity index (χ4n) is 2.31. The summed E-state index contributed by atoms with van der Waals surface area (Å²) in [6.45, 7) is 1.70. The van der Waals surface area contributed by atoms with Crippen molar-refractivity contribution in [2.24, 2.45) is 5.10 Å². The summed E-state index contributed by atoms with van der Waals surface area (Å²) in [6, 6.07) is 17.9. The lowest BCUT2D eigenvalue weighted by atomic mass is 10.1. The fraction of sp³-hybridized carbons (Fsp3) is 0.0526. The van der Waals surface area contributed by atoms with Crippen LogP contribution in [-0.2, 0) is 10.0 Å². The maximum absolute atomic E-state index is 12.4. The van der Waals surface area contributed by atoms with E-state index < -0.39 is 15.9 Å². The topological polar surface area (TPSA) is 101 Å². The van der Waals surface area contributed by atoms with Crippen LogP contribution in [0.3, 0.4) is 0 Å². The molecule has 0 saturated carbocycles. The van der Waals surface area contributed by atoms with Gasteiger partial charge in [0.05, 0.1) is 10.6 Å². The van der Waals surface area contributed by atoms with Crippen LogP contribution in [0.1, 0.15) is 23.0 Å². The fourth-order valence-corrected chi connectivity index (χ4v) is 3.69. The zero-order valence-corrected chi connectivity index (χ0v) is 17.1. The van der Waals surface area contributed by atoms with E-state index in [1.54, 1.807) is 55.5 Å². The molecule has 0 aliphatic rings. The van der Waals surface area contributed by atoms with Gasteiger partial charge in [-0.25, -0.2) is 13.8 Å². The minimum atomic E-state index is -3.69. The number of hydrogen-bond donors (Lipinski definition) is 2. The number of amides is 1. The van der Waals surface area contributed by atoms with Crippen LogP contribution in [0.5, 0.6) is 0 Å². The van der Waals surface area contributed by atoms with E-state index in [0.29, 0.717) is 21.6 Å². The lowest BCUT2D eigenvalue weighted by Crippen LogP contribution is -2.18. The first kappa shape index (κ1) is 19.8. The van der Waals surface area contributed by atoms with Gasteiger partial charge >= 0.3 is 5.91 Å². The number of hydrazone groups is 1. The summed E-state index contributed by atoms with van der Waals surface area (Å²) in [6.07, 6.45) is 0. The third kappa shape index (κ3) is 4.87. The Balaban J connectivity index is 1.74. The largest absolute Gasteiger partial charge is 0.444 e. The SMILES string of the molecule is CC(=NNC(=O)c1ccc(Br)o1)c1cccc(NS(=O)(=O)c2ccccc2)c1. The van der Waals surface area contributed by atoms with Gasteiger partial charge in [-0.3, -0.25) is 9.52 Å². The zero-order chi connectivity index (χ0) is 20.1. The van der Waals surface area contributed by atoms with Gasteiger partial charge in [0.15, 0.2) is 10.4 Å². The van der Waals surface area contributed by atoms with E-state index in [2.05, 4.69) is 31.2 Å². The van der Waals surface area contributed by atoms with Gasteiger partial charge in [0.1, 0.15) is 0 Å². The van der Waals surface area contributed by atoms with Crippen molar-refractivity contribution in [3.63, 3.8) is 0 Å². The standard InChI is InChI=1S/C19H16BrN3O4S/c1-13(21-22-19(24)17-10-11-18(20)27-17)14-6-5-7-15(12-14)23-28(25,26)16-8-3-2-4-9-16/h2-12,23H,1H3,(H,22,24). The molecule has 0 aliphatic heterocycles. The summed E-state index contributed by atoms with van der Waals surface area (Å²) in [4.78, 5) is 12.1. The Labute approximate surface area is 170 Å². The van der Waals surface area contributed by atoms with Crippen molar-refractivity contribution < 1.29 is 17.6 Å². The van der Waals surface area contributed by atoms with Crippen LogP contribution < -0.4 is 10.1 Å². The number of hydrogen-bond acceptors (Lipinski definition) is 5. The van der Waals surface area contributed by atoms with E-state index >= 15 is 0 Å². The molecule has 2 aromatic carbocycles. The Morgan fingerprint density at radius 1 is 1.04 bits per heavy atom. The molecular formula is C19H16BrN3O4S. The highest BCUT2D eigenvalue weighted by molar-refractivity contribution is 9.10. The van der Waals surface area contributed by atoms with Crippen molar-refractivity contribution in [2.75, 3.05) is 4.72 Å². The molecule has 0 bridgehead atoms. The first-order chi connectivity index (χ1) is 13.3. The average molecular weight is 462 g/mol. The van der Waals surface area contributed by atoms with E-state index in [9.17, 15) is 13.2 Å². The maximum atomic E-state index is 12.4. The number of halogens is 1. The minimum absolute atomic E-state index is 0.118. The van der Waals surface area contributed by atoms with Crippen molar-refractivity contribution in [3.8, 4) is 0 Å². The Morgan fingerprint density at radius 3 is 2.46 bits per heavy atom. The number of nitrogens with one attached hydrogen (secondary N) is 2. The van der Waals surface area contributed by atoms with Crippen LogP contribution in [0.15, 0.2) is 85.8 Å². The van der Waals surface area contributed by atoms with E-state index in [1.807, 2.05) is 0 Å². The highest BCUT2D eigenvalue weighted by atomic mass is 79.9. The lowest BCUT2D eigenvalue weighted by Gasteiger charge is -2.09. The summed E-state index contributed by atoms with van der Waals surface area (Å²) in [5.74, 6) is -0.376. The average Bonchev–Trinajstić information content (AvgIpc) is 3.13. The maximum Gasteiger partial charge on any atom is 0.307 e. The van der Waals surface area contributed by atoms with Gasteiger partial charge in [-0.1, -0.05) is 30.3 Å². The molecule has 0 fully saturated rings. The number of carbonyl (C=O) groups is 1. The number of carbonyl (C=O) groups excluding carboxylic acids is 1. The minimum Gasteiger partial charge on any atom is -0.444 e. The smallest absolute Gasteiger partial charge is 0.307 e. The van der Waals surface area contributed by atoms with E-state index in [0.717, 1.165) is 0 Å². The molecule has 28 heavy (non-hydrogen) atoms. The molecule has 9 heteroatoms. The van der Waals surface area contributed by atoms with Gasteiger partial charge in [-0.15, -0.1) is 0 Å². The summed E-state index contributed by atoms with van der Waals surface area (Å²) >= 11 is 3.13. The van der Waals surface area contributed by atoms with Crippen LogP contribution in [0.2, 0.25) is 0 Å². The number of benzene rings is 2. The van der Waals surface area contributed by atoms with Crippen LogP contribution in [-0.4, -0.2) is 20.0 Å². The van der Waals surface area contributed by atoms with Gasteiger partial charge in [0.2, 0.25) is 0 Å². The number of sulfonamides is 1. The number of rotatable bonds is 6. The molecule has 2 N–H and O–H groups in total. The second-order valence-corrected chi connectivity index (χ2v) is 8.21. The second-order valence-electron chi connectivity index (χ2n) is 5.74. The normalized spacial score (nSPS) is 11.9. The molecule has 1 aromatic heterocycles. The number of anilines is 1. The van der Waals surface area contributed by atoms with Crippen molar-refractivity contribution in [1.29, 1.82) is 0 Å². The first-order valence-corrected chi connectivity index (χ1v) is 10.4. The molecule has 0 unspecified atom stereocenters. The van der Waals surface area contributed by atoms with Crippen LogP contribution >= 0.6 is 15.9 Å². The van der Waals surface area contributed by atoms with Crippen molar-refractivity contribution in [2.45, 2.75) is 11.8 Å². The van der Waals surface area contributed by atoms with Crippen molar-refractivity contribution in [1.82, 2.24) is 5.43 Å². The third-order valence-corrected chi connectivity index (χ3v) is 5.53. The molecular weight excluding hydrogens is 446 g/mol. The molecule has 144 valence electrons. The Hall–Kier alpha value is -2.91. The quantitative estimate of drug-likeness (QED) is 0.427. The van der Waals surface area contributed by atoms with Crippen LogP contribution in [0.25, 0.3) is 0 Å². The van der Waals surface area contributed by atoms with Crippen LogP contribution in [0, 0.1) is 0 Å². The molecule has 7 nitrogen and oxygen atoms in total. The highest BCUT2D eigenvalue weighted by Crippen LogP contribution is 2.18. The van der Waals surface area contributed by atoms with Gasteiger partial charge in [-0.05, 0) is 64.8 Å². The van der Waals surface area contributed by atoms with Gasteiger partial charge < -0.3 is 4.42 Å². The van der Waals surface area contributed by atoms with E-state index in [4.69, 9.17) is 4.42 Å². The molecule has 1 amide bonds. The third-order valence-electron chi connectivity index (χ3n) is 3.71. The summed E-state index contributed by atoms with van der Waals surface area (Å²) < 4.78 is 33.0. The Kier molecular flexibility index (Phi) is 5.96. The first-order valence-electron chi connectivity index (χ1n) is 8.13. The summed E-state index contributed by atoms with van der Waals surface area (Å²) in [5, 5.41) is 4.04. The van der Waals surface area contributed by atoms with E-state index in [1.165, 1.54) is 18.2 Å². The van der Waals surface area contributed by atoms with Gasteiger partial charge in [-0.2, -0.15) is 5.10 Å². The predicted molar refractivity (Wildman–Crippen MR) is 110 cm³/mol. The molecule has 1 heterocycles.